The van der Waals surface area contributed by atoms with Gasteiger partial charge in [-0.3, -0.25) is 9.21 Å². The first kappa shape index (κ1) is 22.3. The number of thiazole rings is 1. The summed E-state index contributed by atoms with van der Waals surface area (Å²) in [4.78, 5) is 8.45. The van der Waals surface area contributed by atoms with Gasteiger partial charge >= 0.3 is 10.2 Å². The third kappa shape index (κ3) is 3.87. The minimum Gasteiger partial charge on any atom is -0.295 e. The van der Waals surface area contributed by atoms with E-state index >= 15 is 0 Å². The summed E-state index contributed by atoms with van der Waals surface area (Å²) in [6.45, 7) is 4.28. The molecule has 5 rings (SSSR count). The van der Waals surface area contributed by atoms with Crippen LogP contribution in [0.15, 0.2) is 29.8 Å². The smallest absolute Gasteiger partial charge is 0.295 e. The molecular weight excluding hydrogens is 447 g/mol. The normalized spacial score (nSPS) is 29.0. The number of anilines is 1. The first-order valence-corrected chi connectivity index (χ1v) is 13.7. The molecule has 0 amide bonds. The molecule has 2 aliphatic heterocycles. The van der Waals surface area contributed by atoms with Gasteiger partial charge in [0.15, 0.2) is 0 Å². The number of likely N-dealkylation sites (N-methyl/N-ethyl adjacent to an activating group) is 1. The molecule has 3 aliphatic rings. The fourth-order valence-electron chi connectivity index (χ4n) is 5.61. The molecule has 1 aliphatic carbocycles. The molecule has 6 nitrogen and oxygen atoms in total. The summed E-state index contributed by atoms with van der Waals surface area (Å²) in [5.74, 6) is 0.369. The van der Waals surface area contributed by atoms with Gasteiger partial charge in [-0.05, 0) is 50.3 Å². The van der Waals surface area contributed by atoms with Crippen molar-refractivity contribution in [3.8, 4) is 0 Å². The van der Waals surface area contributed by atoms with E-state index in [2.05, 4.69) is 16.8 Å². The Kier molecular flexibility index (Phi) is 5.80. The molecule has 0 radical (unpaired) electrons. The van der Waals surface area contributed by atoms with E-state index in [1.54, 1.807) is 30.5 Å². The Balaban J connectivity index is 1.36. The van der Waals surface area contributed by atoms with Crippen molar-refractivity contribution in [2.24, 2.45) is 5.92 Å². The third-order valence-corrected chi connectivity index (χ3v) is 10.4. The van der Waals surface area contributed by atoms with Crippen LogP contribution in [-0.4, -0.2) is 54.3 Å². The van der Waals surface area contributed by atoms with Gasteiger partial charge in [-0.1, -0.05) is 25.3 Å². The summed E-state index contributed by atoms with van der Waals surface area (Å²) >= 11 is 1.74. The molecule has 3 heterocycles. The quantitative estimate of drug-likeness (QED) is 0.651. The molecule has 1 saturated carbocycles. The van der Waals surface area contributed by atoms with Crippen LogP contribution >= 0.6 is 11.3 Å². The minimum absolute atomic E-state index is 0.208. The van der Waals surface area contributed by atoms with Gasteiger partial charge in [0.05, 0.1) is 22.4 Å². The molecular formula is C23H31FN4O2S2. The summed E-state index contributed by atoms with van der Waals surface area (Å²) in [5, 5.41) is 0. The number of hydrogen-bond acceptors (Lipinski definition) is 5. The second-order valence-electron chi connectivity index (χ2n) is 9.73. The van der Waals surface area contributed by atoms with Gasteiger partial charge < -0.3 is 0 Å². The van der Waals surface area contributed by atoms with Crippen LogP contribution < -0.4 is 4.31 Å². The van der Waals surface area contributed by atoms with Gasteiger partial charge in [-0.15, -0.1) is 11.3 Å². The van der Waals surface area contributed by atoms with Crippen LogP contribution in [0.4, 0.5) is 10.1 Å². The molecule has 1 spiro atoms. The molecule has 32 heavy (non-hydrogen) atoms. The number of aromatic nitrogens is 1. The molecule has 1 aromatic heterocycles. The van der Waals surface area contributed by atoms with Gasteiger partial charge in [0.1, 0.15) is 5.82 Å². The standard InChI is InChI=1S/C23H31FN4O2S2/c1-17-13-23(15-26(2)32(29,30)28(23)20-8-4-7-19(24)12-20)9-10-27(17)14-22-21(25-16-31-22)11-18-5-3-6-18/h4,7-8,12,16-18H,3,5-6,9-11,13-15H2,1-2H3. The van der Waals surface area contributed by atoms with E-state index in [1.807, 2.05) is 5.51 Å². The van der Waals surface area contributed by atoms with Gasteiger partial charge in [0.2, 0.25) is 0 Å². The summed E-state index contributed by atoms with van der Waals surface area (Å²) < 4.78 is 43.3. The van der Waals surface area contributed by atoms with Crippen LogP contribution in [0, 0.1) is 11.7 Å². The second-order valence-corrected chi connectivity index (χ2v) is 12.6. The Morgan fingerprint density at radius 1 is 1.31 bits per heavy atom. The Labute approximate surface area is 194 Å². The molecule has 0 bridgehead atoms. The number of benzene rings is 1. The van der Waals surface area contributed by atoms with E-state index in [9.17, 15) is 12.8 Å². The van der Waals surface area contributed by atoms with Gasteiger partial charge in [-0.2, -0.15) is 12.7 Å². The molecule has 0 N–H and O–H groups in total. The van der Waals surface area contributed by atoms with Crippen LogP contribution in [0.2, 0.25) is 0 Å². The molecule has 2 aromatic rings. The maximum absolute atomic E-state index is 14.0. The van der Waals surface area contributed by atoms with Gasteiger partial charge in [0.25, 0.3) is 0 Å². The van der Waals surface area contributed by atoms with E-state index in [4.69, 9.17) is 0 Å². The molecule has 3 fully saturated rings. The summed E-state index contributed by atoms with van der Waals surface area (Å²) in [7, 11) is -2.06. The number of halogens is 1. The van der Waals surface area contributed by atoms with Crippen molar-refractivity contribution in [3.63, 3.8) is 0 Å². The van der Waals surface area contributed by atoms with Gasteiger partial charge in [0, 0.05) is 37.6 Å². The maximum atomic E-state index is 14.0. The van der Waals surface area contributed by atoms with E-state index in [-0.39, 0.29) is 6.04 Å². The van der Waals surface area contributed by atoms with Crippen LogP contribution in [0.25, 0.3) is 0 Å². The number of likely N-dealkylation sites (tertiary alicyclic amines) is 1. The van der Waals surface area contributed by atoms with Crippen LogP contribution in [0.1, 0.15) is 49.6 Å². The Bertz CT molecular complexity index is 1090. The largest absolute Gasteiger partial charge is 0.304 e. The molecule has 1 aromatic carbocycles. The fraction of sp³-hybridized carbons (Fsp3) is 0.609. The Morgan fingerprint density at radius 3 is 2.81 bits per heavy atom. The first-order valence-electron chi connectivity index (χ1n) is 11.5. The fourth-order valence-corrected chi connectivity index (χ4v) is 8.21. The van der Waals surface area contributed by atoms with E-state index in [0.717, 1.165) is 25.4 Å². The lowest BCUT2D eigenvalue weighted by Gasteiger charge is -2.47. The van der Waals surface area contributed by atoms with Crippen molar-refractivity contribution in [2.75, 3.05) is 24.4 Å². The van der Waals surface area contributed by atoms with E-state index in [1.165, 1.54) is 50.6 Å². The van der Waals surface area contributed by atoms with Crippen LogP contribution in [0.5, 0.6) is 0 Å². The zero-order valence-corrected chi connectivity index (χ0v) is 20.3. The zero-order valence-electron chi connectivity index (χ0n) is 18.7. The van der Waals surface area contributed by atoms with Crippen molar-refractivity contribution in [1.29, 1.82) is 0 Å². The van der Waals surface area contributed by atoms with Crippen LogP contribution in [0.3, 0.4) is 0 Å². The minimum atomic E-state index is -3.68. The lowest BCUT2D eigenvalue weighted by atomic mass is 9.81. The number of piperidine rings is 1. The lowest BCUT2D eigenvalue weighted by molar-refractivity contribution is 0.101. The molecule has 174 valence electrons. The van der Waals surface area contributed by atoms with Gasteiger partial charge in [-0.25, -0.2) is 9.37 Å². The van der Waals surface area contributed by atoms with Crippen molar-refractivity contribution in [3.05, 3.63) is 46.2 Å². The summed E-state index contributed by atoms with van der Waals surface area (Å²) in [6, 6.07) is 6.17. The topological polar surface area (TPSA) is 56.8 Å². The number of nitrogens with zero attached hydrogens (tertiary/aromatic N) is 4. The average molecular weight is 479 g/mol. The highest BCUT2D eigenvalue weighted by molar-refractivity contribution is 7.90. The predicted octanol–water partition coefficient (Wildman–Crippen LogP) is 4.04. The summed E-state index contributed by atoms with van der Waals surface area (Å²) in [6.07, 6.45) is 6.49. The molecule has 2 unspecified atom stereocenters. The Hall–Kier alpha value is -1.55. The maximum Gasteiger partial charge on any atom is 0.304 e. The first-order chi connectivity index (χ1) is 15.3. The zero-order chi connectivity index (χ0) is 22.5. The SMILES string of the molecule is CC1CC2(CCN1Cc1scnc1CC1CCC1)CN(C)S(=O)(=O)N2c1cccc(F)c1. The van der Waals surface area contributed by atoms with Crippen molar-refractivity contribution >= 4 is 27.2 Å². The van der Waals surface area contributed by atoms with E-state index in [0.29, 0.717) is 25.1 Å². The van der Waals surface area contributed by atoms with Crippen LogP contribution in [-0.2, 0) is 23.2 Å². The molecule has 2 atom stereocenters. The monoisotopic (exact) mass is 478 g/mol. The second kappa shape index (κ2) is 8.34. The van der Waals surface area contributed by atoms with Crippen molar-refractivity contribution < 1.29 is 12.8 Å². The van der Waals surface area contributed by atoms with Crippen molar-refractivity contribution in [2.45, 2.75) is 63.6 Å². The predicted molar refractivity (Wildman–Crippen MR) is 125 cm³/mol. The molecule has 2 saturated heterocycles. The number of rotatable bonds is 5. The lowest BCUT2D eigenvalue weighted by Crippen LogP contribution is -2.57. The van der Waals surface area contributed by atoms with Crippen molar-refractivity contribution in [1.82, 2.24) is 14.2 Å². The average Bonchev–Trinajstić information content (AvgIpc) is 3.20. The molecule has 9 heteroatoms. The highest BCUT2D eigenvalue weighted by Crippen LogP contribution is 2.44. The van der Waals surface area contributed by atoms with E-state index < -0.39 is 21.6 Å². The highest BCUT2D eigenvalue weighted by Gasteiger charge is 2.55. The highest BCUT2D eigenvalue weighted by atomic mass is 32.2. The third-order valence-electron chi connectivity index (χ3n) is 7.56. The Morgan fingerprint density at radius 2 is 2.12 bits per heavy atom. The number of hydrogen-bond donors (Lipinski definition) is 0. The summed E-state index contributed by atoms with van der Waals surface area (Å²) in [5.41, 5.74) is 3.07.